The first-order valence-electron chi connectivity index (χ1n) is 8.60. The lowest BCUT2D eigenvalue weighted by atomic mass is 10.1. The van der Waals surface area contributed by atoms with Crippen LogP contribution in [0.15, 0.2) is 64.7 Å². The molecule has 1 N–H and O–H groups in total. The fraction of sp³-hybridized carbons (Fsp3) is 0.200. The van der Waals surface area contributed by atoms with E-state index in [1.165, 1.54) is 20.2 Å². The molecule has 1 aliphatic heterocycles. The Morgan fingerprint density at radius 1 is 1.11 bits per heavy atom. The van der Waals surface area contributed by atoms with Gasteiger partial charge in [0.2, 0.25) is 0 Å². The molecule has 3 rings (SSSR count). The van der Waals surface area contributed by atoms with Crippen molar-refractivity contribution in [3.63, 3.8) is 0 Å². The number of aryl methyl sites for hydroxylation is 1. The Bertz CT molecular complexity index is 1060. The third kappa shape index (κ3) is 4.23. The number of para-hydroxylation sites is 1. The van der Waals surface area contributed by atoms with Gasteiger partial charge in [0.05, 0.1) is 24.9 Å². The highest BCUT2D eigenvalue weighted by molar-refractivity contribution is 7.88. The maximum Gasteiger partial charge on any atom is 0.344 e. The van der Waals surface area contributed by atoms with E-state index in [0.717, 1.165) is 9.87 Å². The van der Waals surface area contributed by atoms with Crippen molar-refractivity contribution in [1.82, 2.24) is 4.31 Å². The lowest BCUT2D eigenvalue weighted by Crippen LogP contribution is -2.32. The summed E-state index contributed by atoms with van der Waals surface area (Å²) in [5.41, 5.74) is 2.68. The average molecular weight is 399 g/mol. The summed E-state index contributed by atoms with van der Waals surface area (Å²) >= 11 is 0. The predicted octanol–water partition coefficient (Wildman–Crippen LogP) is 3.05. The molecular formula is C20H21N3O4S. The summed E-state index contributed by atoms with van der Waals surface area (Å²) in [4.78, 5) is 12.7. The normalized spacial score (nSPS) is 15.5. The predicted molar refractivity (Wildman–Crippen MR) is 108 cm³/mol. The van der Waals surface area contributed by atoms with Crippen molar-refractivity contribution >= 4 is 27.5 Å². The van der Waals surface area contributed by atoms with Crippen LogP contribution in [0, 0.1) is 6.92 Å². The van der Waals surface area contributed by atoms with Gasteiger partial charge in [-0.05, 0) is 32.0 Å². The molecule has 8 heteroatoms. The Morgan fingerprint density at radius 2 is 1.79 bits per heavy atom. The molecule has 2 aromatic carbocycles. The molecule has 0 fully saturated rings. The number of amides is 1. The van der Waals surface area contributed by atoms with E-state index in [-0.39, 0.29) is 17.8 Å². The molecule has 0 bridgehead atoms. The Hall–Kier alpha value is -3.13. The fourth-order valence-corrected chi connectivity index (χ4v) is 3.86. The first kappa shape index (κ1) is 19.6. The zero-order valence-corrected chi connectivity index (χ0v) is 16.7. The Labute approximate surface area is 164 Å². The molecular weight excluding hydrogens is 378 g/mol. The van der Waals surface area contributed by atoms with Gasteiger partial charge >= 0.3 is 10.2 Å². The molecule has 0 saturated carbocycles. The summed E-state index contributed by atoms with van der Waals surface area (Å²) in [7, 11) is -2.42. The second kappa shape index (κ2) is 7.85. The number of benzene rings is 2. The lowest BCUT2D eigenvalue weighted by Gasteiger charge is -2.24. The minimum atomic E-state index is -3.93. The van der Waals surface area contributed by atoms with Crippen LogP contribution in [0.4, 0.5) is 5.69 Å². The van der Waals surface area contributed by atoms with Crippen LogP contribution in [0.1, 0.15) is 18.1 Å². The van der Waals surface area contributed by atoms with Crippen molar-refractivity contribution in [2.75, 3.05) is 12.4 Å². The summed E-state index contributed by atoms with van der Waals surface area (Å²) in [5.74, 6) is 0.132. The number of hydrogen-bond donors (Lipinski definition) is 1. The highest BCUT2D eigenvalue weighted by atomic mass is 32.2. The third-order valence-corrected chi connectivity index (χ3v) is 5.62. The van der Waals surface area contributed by atoms with Crippen molar-refractivity contribution in [2.24, 2.45) is 4.40 Å². The summed E-state index contributed by atoms with van der Waals surface area (Å²) < 4.78 is 35.0. The zero-order valence-electron chi connectivity index (χ0n) is 15.8. The number of rotatable bonds is 5. The van der Waals surface area contributed by atoms with Gasteiger partial charge in [-0.15, -0.1) is 4.40 Å². The van der Waals surface area contributed by atoms with E-state index in [1.54, 1.807) is 36.4 Å². The van der Waals surface area contributed by atoms with Gasteiger partial charge in [0, 0.05) is 17.5 Å². The van der Waals surface area contributed by atoms with Crippen LogP contribution in [0.25, 0.3) is 0 Å². The molecule has 0 saturated heterocycles. The van der Waals surface area contributed by atoms with Gasteiger partial charge in [-0.25, -0.2) is 0 Å². The van der Waals surface area contributed by atoms with Crippen molar-refractivity contribution in [3.05, 3.63) is 71.4 Å². The van der Waals surface area contributed by atoms with Gasteiger partial charge in [0.15, 0.2) is 0 Å². The van der Waals surface area contributed by atoms with E-state index >= 15 is 0 Å². The van der Waals surface area contributed by atoms with E-state index in [1.807, 2.05) is 19.1 Å². The molecule has 0 spiro atoms. The second-order valence-electron chi connectivity index (χ2n) is 6.37. The lowest BCUT2D eigenvalue weighted by molar-refractivity contribution is -0.112. The average Bonchev–Trinajstić information content (AvgIpc) is 2.65. The topological polar surface area (TPSA) is 88.1 Å². The molecule has 0 unspecified atom stereocenters. The third-order valence-electron chi connectivity index (χ3n) is 4.28. The number of methoxy groups -OCH3 is 1. The SMILES string of the molecule is COc1ccccc1CN1C=C(C(=O)Nc2ccc(C)cc2)C(C)=NS1(=O)=O. The highest BCUT2D eigenvalue weighted by Crippen LogP contribution is 2.25. The number of hydrogen-bond acceptors (Lipinski definition) is 4. The first-order chi connectivity index (χ1) is 13.3. The molecule has 1 heterocycles. The quantitative estimate of drug-likeness (QED) is 0.837. The summed E-state index contributed by atoms with van der Waals surface area (Å²) in [6.45, 7) is 3.45. The van der Waals surface area contributed by atoms with Gasteiger partial charge < -0.3 is 10.1 Å². The molecule has 0 radical (unpaired) electrons. The largest absolute Gasteiger partial charge is 0.496 e. The molecule has 0 aromatic heterocycles. The Kier molecular flexibility index (Phi) is 5.51. The Morgan fingerprint density at radius 3 is 2.46 bits per heavy atom. The molecule has 146 valence electrons. The van der Waals surface area contributed by atoms with Gasteiger partial charge in [0.1, 0.15) is 5.75 Å². The summed E-state index contributed by atoms with van der Waals surface area (Å²) in [5, 5.41) is 2.77. The summed E-state index contributed by atoms with van der Waals surface area (Å²) in [6, 6.07) is 14.4. The second-order valence-corrected chi connectivity index (χ2v) is 7.92. The van der Waals surface area contributed by atoms with Gasteiger partial charge in [-0.1, -0.05) is 35.9 Å². The number of ether oxygens (including phenoxy) is 1. The van der Waals surface area contributed by atoms with E-state index in [4.69, 9.17) is 4.74 Å². The minimum absolute atomic E-state index is 0.00440. The maximum absolute atomic E-state index is 12.7. The van der Waals surface area contributed by atoms with Crippen LogP contribution < -0.4 is 10.1 Å². The van der Waals surface area contributed by atoms with Crippen molar-refractivity contribution in [3.8, 4) is 5.75 Å². The molecule has 0 aliphatic carbocycles. The van der Waals surface area contributed by atoms with E-state index < -0.39 is 16.1 Å². The monoisotopic (exact) mass is 399 g/mol. The first-order valence-corrected chi connectivity index (χ1v) is 10.0. The van der Waals surface area contributed by atoms with Crippen molar-refractivity contribution in [2.45, 2.75) is 20.4 Å². The number of anilines is 1. The fourth-order valence-electron chi connectivity index (χ4n) is 2.77. The van der Waals surface area contributed by atoms with Crippen LogP contribution in [0.3, 0.4) is 0 Å². The van der Waals surface area contributed by atoms with Crippen molar-refractivity contribution in [1.29, 1.82) is 0 Å². The highest BCUT2D eigenvalue weighted by Gasteiger charge is 2.28. The number of carbonyl (C=O) groups is 1. The standard InChI is InChI=1S/C20H21N3O4S/c1-14-8-10-17(11-9-14)21-20(24)18-13-23(28(25,26)22-15(18)2)12-16-6-4-5-7-19(16)27-3/h4-11,13H,12H2,1-3H3,(H,21,24). The number of nitrogens with one attached hydrogen (secondary N) is 1. The van der Waals surface area contributed by atoms with Crippen LogP contribution in [-0.4, -0.2) is 31.5 Å². The van der Waals surface area contributed by atoms with Crippen LogP contribution in [-0.2, 0) is 21.5 Å². The molecule has 1 aliphatic rings. The molecule has 0 atom stereocenters. The van der Waals surface area contributed by atoms with Crippen LogP contribution in [0.2, 0.25) is 0 Å². The Balaban J connectivity index is 1.89. The molecule has 2 aromatic rings. The molecule has 1 amide bonds. The number of nitrogens with zero attached hydrogens (tertiary/aromatic N) is 2. The minimum Gasteiger partial charge on any atom is -0.496 e. The zero-order chi connectivity index (χ0) is 20.3. The molecule has 28 heavy (non-hydrogen) atoms. The van der Waals surface area contributed by atoms with Gasteiger partial charge in [0.25, 0.3) is 5.91 Å². The summed E-state index contributed by atoms with van der Waals surface area (Å²) in [6.07, 6.45) is 1.31. The van der Waals surface area contributed by atoms with E-state index in [2.05, 4.69) is 9.71 Å². The van der Waals surface area contributed by atoms with Crippen LogP contribution >= 0.6 is 0 Å². The smallest absolute Gasteiger partial charge is 0.344 e. The van der Waals surface area contributed by atoms with E-state index in [9.17, 15) is 13.2 Å². The van der Waals surface area contributed by atoms with E-state index in [0.29, 0.717) is 17.0 Å². The molecule has 7 nitrogen and oxygen atoms in total. The van der Waals surface area contributed by atoms with Gasteiger partial charge in [-0.2, -0.15) is 8.42 Å². The van der Waals surface area contributed by atoms with Crippen molar-refractivity contribution < 1.29 is 17.9 Å². The van der Waals surface area contributed by atoms with Crippen LogP contribution in [0.5, 0.6) is 5.75 Å². The number of carbonyl (C=O) groups excluding carboxylic acids is 1. The van der Waals surface area contributed by atoms with Gasteiger partial charge in [-0.3, -0.25) is 9.10 Å². The maximum atomic E-state index is 12.7.